The third-order valence-electron chi connectivity index (χ3n) is 2.64. The van der Waals surface area contributed by atoms with E-state index in [0.717, 1.165) is 4.47 Å². The average molecular weight is 358 g/mol. The summed E-state index contributed by atoms with van der Waals surface area (Å²) in [6.07, 6.45) is 0. The number of carboxylic acid groups (broad SMARTS) is 1. The number of hydrogen-bond acceptors (Lipinski definition) is 4. The molecule has 1 aromatic carbocycles. The maximum atomic E-state index is 11.1. The second kappa shape index (κ2) is 5.68. The molecule has 0 fully saturated rings. The molecule has 1 aromatic heterocycles. The first-order valence-corrected chi connectivity index (χ1v) is 6.64. The molecule has 0 saturated carbocycles. The van der Waals surface area contributed by atoms with Crippen LogP contribution < -0.4 is 10.5 Å². The normalized spacial score (nSPS) is 10.3. The van der Waals surface area contributed by atoms with Gasteiger partial charge in [-0.3, -0.25) is 0 Å². The van der Waals surface area contributed by atoms with Crippen molar-refractivity contribution in [3.05, 3.63) is 39.5 Å². The van der Waals surface area contributed by atoms with E-state index < -0.39 is 5.97 Å². The maximum Gasteiger partial charge on any atom is 0.356 e. The zero-order valence-corrected chi connectivity index (χ0v) is 12.7. The van der Waals surface area contributed by atoms with Crippen LogP contribution >= 0.6 is 27.5 Å². The highest BCUT2D eigenvalue weighted by molar-refractivity contribution is 9.10. The lowest BCUT2D eigenvalue weighted by atomic mass is 10.1. The Hall–Kier alpha value is -1.79. The Morgan fingerprint density at radius 2 is 2.15 bits per heavy atom. The van der Waals surface area contributed by atoms with Gasteiger partial charge in [-0.2, -0.15) is 0 Å². The van der Waals surface area contributed by atoms with Crippen LogP contribution in [0.4, 0.5) is 5.69 Å². The summed E-state index contributed by atoms with van der Waals surface area (Å²) in [4.78, 5) is 15.1. The summed E-state index contributed by atoms with van der Waals surface area (Å²) >= 11 is 9.17. The van der Waals surface area contributed by atoms with Gasteiger partial charge in [-0.1, -0.05) is 17.7 Å². The summed E-state index contributed by atoms with van der Waals surface area (Å²) in [7, 11) is 1.54. The molecule has 1 heterocycles. The van der Waals surface area contributed by atoms with Crippen LogP contribution in [-0.2, 0) is 0 Å². The number of anilines is 1. The Morgan fingerprint density at radius 3 is 2.75 bits per heavy atom. The molecule has 7 heteroatoms. The molecule has 0 aliphatic heterocycles. The molecule has 0 aliphatic rings. The third kappa shape index (κ3) is 2.71. The molecule has 2 rings (SSSR count). The monoisotopic (exact) mass is 356 g/mol. The van der Waals surface area contributed by atoms with Crippen molar-refractivity contribution in [1.29, 1.82) is 0 Å². The van der Waals surface area contributed by atoms with Crippen LogP contribution in [0.1, 0.15) is 10.5 Å². The van der Waals surface area contributed by atoms with Crippen LogP contribution in [0, 0.1) is 0 Å². The minimum absolute atomic E-state index is 0.0645. The molecule has 0 bridgehead atoms. The molecule has 0 aliphatic carbocycles. The van der Waals surface area contributed by atoms with Gasteiger partial charge in [-0.05, 0) is 34.1 Å². The van der Waals surface area contributed by atoms with Gasteiger partial charge in [0.15, 0.2) is 5.69 Å². The van der Waals surface area contributed by atoms with E-state index in [9.17, 15) is 4.79 Å². The van der Waals surface area contributed by atoms with Crippen molar-refractivity contribution in [2.75, 3.05) is 12.8 Å². The Morgan fingerprint density at radius 1 is 1.45 bits per heavy atom. The van der Waals surface area contributed by atoms with Gasteiger partial charge in [0.05, 0.1) is 28.0 Å². The number of aromatic nitrogens is 1. The van der Waals surface area contributed by atoms with Crippen molar-refractivity contribution >= 4 is 39.2 Å². The van der Waals surface area contributed by atoms with Gasteiger partial charge in [0.2, 0.25) is 0 Å². The highest BCUT2D eigenvalue weighted by Gasteiger charge is 2.16. The van der Waals surface area contributed by atoms with Crippen LogP contribution in [0.15, 0.2) is 28.7 Å². The average Bonchev–Trinajstić information content (AvgIpc) is 2.42. The molecular formula is C13H10BrClN2O3. The van der Waals surface area contributed by atoms with Crippen molar-refractivity contribution in [3.8, 4) is 17.0 Å². The number of nitrogen functional groups attached to an aromatic ring is 1. The standard InChI is InChI=1S/C13H10BrClN2O3/c1-20-10-4-6(2-3-7(10)14)9-5-8(16)11(15)12(17-9)13(18)19/h2-5H,1H3,(H2,16,17)(H,18,19). The molecule has 0 saturated heterocycles. The van der Waals surface area contributed by atoms with E-state index in [0.29, 0.717) is 17.0 Å². The first kappa shape index (κ1) is 14.6. The first-order chi connectivity index (χ1) is 9.43. The minimum Gasteiger partial charge on any atom is -0.496 e. The number of methoxy groups -OCH3 is 1. The summed E-state index contributed by atoms with van der Waals surface area (Å²) in [6, 6.07) is 6.80. The van der Waals surface area contributed by atoms with Crippen molar-refractivity contribution < 1.29 is 14.6 Å². The number of nitrogens with zero attached hydrogens (tertiary/aromatic N) is 1. The van der Waals surface area contributed by atoms with Crippen LogP contribution in [0.2, 0.25) is 5.02 Å². The van der Waals surface area contributed by atoms with E-state index in [4.69, 9.17) is 27.2 Å². The van der Waals surface area contributed by atoms with Crippen molar-refractivity contribution in [1.82, 2.24) is 4.98 Å². The summed E-state index contributed by atoms with van der Waals surface area (Å²) in [6.45, 7) is 0. The molecule has 3 N–H and O–H groups in total. The van der Waals surface area contributed by atoms with Crippen molar-refractivity contribution in [2.24, 2.45) is 0 Å². The molecular weight excluding hydrogens is 348 g/mol. The van der Waals surface area contributed by atoms with Gasteiger partial charge in [-0.15, -0.1) is 0 Å². The van der Waals surface area contributed by atoms with E-state index in [1.807, 2.05) is 0 Å². The lowest BCUT2D eigenvalue weighted by Crippen LogP contribution is -2.05. The first-order valence-electron chi connectivity index (χ1n) is 5.47. The molecule has 0 spiro atoms. The second-order valence-electron chi connectivity index (χ2n) is 3.91. The molecule has 0 radical (unpaired) electrons. The number of halogens is 2. The summed E-state index contributed by atoms with van der Waals surface area (Å²) in [5, 5.41) is 9.01. The fraction of sp³-hybridized carbons (Fsp3) is 0.0769. The van der Waals surface area contributed by atoms with Gasteiger partial charge < -0.3 is 15.6 Å². The fourth-order valence-corrected chi connectivity index (χ4v) is 2.24. The van der Waals surface area contributed by atoms with E-state index in [-0.39, 0.29) is 16.4 Å². The van der Waals surface area contributed by atoms with Gasteiger partial charge >= 0.3 is 5.97 Å². The summed E-state index contributed by atoms with van der Waals surface area (Å²) < 4.78 is 5.97. The van der Waals surface area contributed by atoms with E-state index in [2.05, 4.69) is 20.9 Å². The number of aromatic carboxylic acids is 1. The highest BCUT2D eigenvalue weighted by Crippen LogP contribution is 2.32. The lowest BCUT2D eigenvalue weighted by Gasteiger charge is -2.09. The van der Waals surface area contributed by atoms with Crippen molar-refractivity contribution in [3.63, 3.8) is 0 Å². The van der Waals surface area contributed by atoms with Crippen LogP contribution in [0.25, 0.3) is 11.3 Å². The minimum atomic E-state index is -1.23. The number of ether oxygens (including phenoxy) is 1. The fourth-order valence-electron chi connectivity index (χ4n) is 1.66. The number of hydrogen-bond donors (Lipinski definition) is 2. The van der Waals surface area contributed by atoms with Gasteiger partial charge in [0.1, 0.15) is 5.75 Å². The third-order valence-corrected chi connectivity index (χ3v) is 3.69. The van der Waals surface area contributed by atoms with Crippen LogP contribution in [0.3, 0.4) is 0 Å². The zero-order chi connectivity index (χ0) is 14.9. The quantitative estimate of drug-likeness (QED) is 0.878. The molecule has 5 nitrogen and oxygen atoms in total. The van der Waals surface area contributed by atoms with Gasteiger partial charge in [0, 0.05) is 5.56 Å². The van der Waals surface area contributed by atoms with Gasteiger partial charge in [0.25, 0.3) is 0 Å². The molecule has 0 amide bonds. The maximum absolute atomic E-state index is 11.1. The Labute approximate surface area is 128 Å². The SMILES string of the molecule is COc1cc(-c2cc(N)c(Cl)c(C(=O)O)n2)ccc1Br. The largest absolute Gasteiger partial charge is 0.496 e. The van der Waals surface area contributed by atoms with Crippen LogP contribution in [-0.4, -0.2) is 23.2 Å². The van der Waals surface area contributed by atoms with Gasteiger partial charge in [-0.25, -0.2) is 9.78 Å². The Kier molecular flexibility index (Phi) is 4.15. The Balaban J connectivity index is 2.61. The molecule has 2 aromatic rings. The predicted octanol–water partition coefficient (Wildman–Crippen LogP) is 3.45. The molecule has 20 heavy (non-hydrogen) atoms. The number of carbonyl (C=O) groups is 1. The highest BCUT2D eigenvalue weighted by atomic mass is 79.9. The molecule has 0 unspecified atom stereocenters. The number of rotatable bonds is 3. The van der Waals surface area contributed by atoms with E-state index >= 15 is 0 Å². The summed E-state index contributed by atoms with van der Waals surface area (Å²) in [5.41, 5.74) is 6.70. The Bertz CT molecular complexity index is 692. The number of benzene rings is 1. The van der Waals surface area contributed by atoms with E-state index in [1.165, 1.54) is 13.2 Å². The van der Waals surface area contributed by atoms with E-state index in [1.54, 1.807) is 18.2 Å². The van der Waals surface area contributed by atoms with Crippen LogP contribution in [0.5, 0.6) is 5.75 Å². The van der Waals surface area contributed by atoms with Crippen molar-refractivity contribution in [2.45, 2.75) is 0 Å². The molecule has 0 atom stereocenters. The zero-order valence-electron chi connectivity index (χ0n) is 10.4. The lowest BCUT2D eigenvalue weighted by molar-refractivity contribution is 0.0691. The number of nitrogens with two attached hydrogens (primary N) is 1. The smallest absolute Gasteiger partial charge is 0.356 e. The topological polar surface area (TPSA) is 85.4 Å². The summed E-state index contributed by atoms with van der Waals surface area (Å²) in [5.74, 6) is -0.623. The number of carboxylic acids is 1. The second-order valence-corrected chi connectivity index (χ2v) is 5.15. The molecule has 104 valence electrons. The number of pyridine rings is 1. The predicted molar refractivity (Wildman–Crippen MR) is 80.3 cm³/mol.